The van der Waals surface area contributed by atoms with Crippen molar-refractivity contribution in [3.63, 3.8) is 0 Å². The monoisotopic (exact) mass is 354 g/mol. The van der Waals surface area contributed by atoms with Crippen LogP contribution in [-0.4, -0.2) is 19.7 Å². The average molecular weight is 354 g/mol. The largest absolute Gasteiger partial charge is 0.493 e. The number of ether oxygens (including phenoxy) is 3. The Hall–Kier alpha value is -2.70. The van der Waals surface area contributed by atoms with Gasteiger partial charge in [-0.15, -0.1) is 0 Å². The van der Waals surface area contributed by atoms with E-state index in [1.54, 1.807) is 37.3 Å². The molecule has 0 amide bonds. The van der Waals surface area contributed by atoms with Crippen LogP contribution in [0.25, 0.3) is 0 Å². The molecule has 0 saturated carbocycles. The highest BCUT2D eigenvalue weighted by Gasteiger charge is 2.37. The molecular weight excluding hydrogens is 337 g/mol. The molecule has 0 radical (unpaired) electrons. The molecule has 2 aromatic rings. The highest BCUT2D eigenvalue weighted by atomic mass is 19.4. The Bertz CT molecular complexity index is 727. The molecule has 0 bridgehead atoms. The van der Waals surface area contributed by atoms with Gasteiger partial charge in [-0.2, -0.15) is 13.2 Å². The lowest BCUT2D eigenvalue weighted by Crippen LogP contribution is -2.13. The van der Waals surface area contributed by atoms with Crippen LogP contribution in [0.4, 0.5) is 13.2 Å². The lowest BCUT2D eigenvalue weighted by atomic mass is 10.1. The van der Waals surface area contributed by atoms with Crippen molar-refractivity contribution in [1.29, 1.82) is 0 Å². The molecule has 0 spiro atoms. The zero-order valence-corrected chi connectivity index (χ0v) is 13.7. The van der Waals surface area contributed by atoms with Crippen LogP contribution in [0.3, 0.4) is 0 Å². The van der Waals surface area contributed by atoms with Gasteiger partial charge in [0.25, 0.3) is 0 Å². The number of carbonyl (C=O) groups is 1. The fourth-order valence-electron chi connectivity index (χ4n) is 2.18. The minimum absolute atomic E-state index is 0.0504. The molecular formula is C18H17F3O4. The summed E-state index contributed by atoms with van der Waals surface area (Å²) in [4.78, 5) is 11.8. The van der Waals surface area contributed by atoms with Gasteiger partial charge in [-0.25, -0.2) is 4.79 Å². The van der Waals surface area contributed by atoms with Gasteiger partial charge in [-0.05, 0) is 24.6 Å². The Kier molecular flexibility index (Phi) is 5.90. The number of esters is 1. The van der Waals surface area contributed by atoms with E-state index in [0.717, 1.165) is 0 Å². The number of benzene rings is 2. The zero-order chi connectivity index (χ0) is 18.4. The number of carbonyl (C=O) groups excluding carboxylic acids is 1. The van der Waals surface area contributed by atoms with E-state index in [1.807, 2.05) is 0 Å². The van der Waals surface area contributed by atoms with E-state index < -0.39 is 23.5 Å². The standard InChI is InChI=1S/C18H17F3O4/c1-3-24-17(22)13-9-14(18(19,20)21)16(15(10-13)23-2)25-11-12-7-5-4-6-8-12/h4-10H,3,11H2,1-2H3. The normalized spacial score (nSPS) is 11.1. The molecule has 2 aromatic carbocycles. The molecule has 2 rings (SSSR count). The van der Waals surface area contributed by atoms with Gasteiger partial charge in [0.15, 0.2) is 11.5 Å². The smallest absolute Gasteiger partial charge is 0.420 e. The van der Waals surface area contributed by atoms with Gasteiger partial charge in [-0.3, -0.25) is 0 Å². The Morgan fingerprint density at radius 3 is 2.36 bits per heavy atom. The first-order valence-corrected chi connectivity index (χ1v) is 7.50. The molecule has 0 aliphatic rings. The van der Waals surface area contributed by atoms with Gasteiger partial charge in [0.1, 0.15) is 12.2 Å². The fraction of sp³-hybridized carbons (Fsp3) is 0.278. The predicted octanol–water partition coefficient (Wildman–Crippen LogP) is 4.47. The Morgan fingerprint density at radius 1 is 1.12 bits per heavy atom. The van der Waals surface area contributed by atoms with E-state index in [-0.39, 0.29) is 24.5 Å². The van der Waals surface area contributed by atoms with Crippen LogP contribution in [-0.2, 0) is 17.5 Å². The highest BCUT2D eigenvalue weighted by Crippen LogP contribution is 2.43. The van der Waals surface area contributed by atoms with Crippen LogP contribution >= 0.6 is 0 Å². The topological polar surface area (TPSA) is 44.8 Å². The Morgan fingerprint density at radius 2 is 1.80 bits per heavy atom. The van der Waals surface area contributed by atoms with Crippen molar-refractivity contribution < 1.29 is 32.2 Å². The SMILES string of the molecule is CCOC(=O)c1cc(OC)c(OCc2ccccc2)c(C(F)(F)F)c1. The van der Waals surface area contributed by atoms with E-state index in [1.165, 1.54) is 13.2 Å². The molecule has 7 heteroatoms. The first-order valence-electron chi connectivity index (χ1n) is 7.50. The third kappa shape index (κ3) is 4.65. The minimum atomic E-state index is -4.72. The van der Waals surface area contributed by atoms with Crippen molar-refractivity contribution in [2.45, 2.75) is 19.7 Å². The highest BCUT2D eigenvalue weighted by molar-refractivity contribution is 5.90. The first-order chi connectivity index (χ1) is 11.9. The van der Waals surface area contributed by atoms with E-state index in [4.69, 9.17) is 14.2 Å². The third-order valence-corrected chi connectivity index (χ3v) is 3.32. The van der Waals surface area contributed by atoms with E-state index in [0.29, 0.717) is 11.6 Å². The van der Waals surface area contributed by atoms with E-state index in [9.17, 15) is 18.0 Å². The molecule has 0 saturated heterocycles. The number of halogens is 3. The van der Waals surface area contributed by atoms with Crippen molar-refractivity contribution >= 4 is 5.97 Å². The second-order valence-electron chi connectivity index (χ2n) is 5.05. The first kappa shape index (κ1) is 18.6. The lowest BCUT2D eigenvalue weighted by Gasteiger charge is -2.18. The van der Waals surface area contributed by atoms with Crippen molar-refractivity contribution in [2.75, 3.05) is 13.7 Å². The van der Waals surface area contributed by atoms with Gasteiger partial charge < -0.3 is 14.2 Å². The number of hydrogen-bond acceptors (Lipinski definition) is 4. The summed E-state index contributed by atoms with van der Waals surface area (Å²) >= 11 is 0. The van der Waals surface area contributed by atoms with E-state index in [2.05, 4.69) is 0 Å². The van der Waals surface area contributed by atoms with Crippen LogP contribution in [0.5, 0.6) is 11.5 Å². The molecule has 4 nitrogen and oxygen atoms in total. The predicted molar refractivity (Wildman–Crippen MR) is 84.7 cm³/mol. The summed E-state index contributed by atoms with van der Waals surface area (Å²) in [5.41, 5.74) is -0.643. The molecule has 0 heterocycles. The summed E-state index contributed by atoms with van der Waals surface area (Å²) in [6.07, 6.45) is -4.72. The zero-order valence-electron chi connectivity index (χ0n) is 13.7. The molecule has 25 heavy (non-hydrogen) atoms. The number of hydrogen-bond donors (Lipinski definition) is 0. The molecule has 0 unspecified atom stereocenters. The Labute approximate surface area is 143 Å². The number of alkyl halides is 3. The molecule has 0 aliphatic carbocycles. The second kappa shape index (κ2) is 7.92. The fourth-order valence-corrected chi connectivity index (χ4v) is 2.18. The summed E-state index contributed by atoms with van der Waals surface area (Å²) < 4.78 is 55.4. The average Bonchev–Trinajstić information content (AvgIpc) is 2.59. The molecule has 0 N–H and O–H groups in total. The van der Waals surface area contributed by atoms with Crippen LogP contribution in [0.15, 0.2) is 42.5 Å². The van der Waals surface area contributed by atoms with Crippen molar-refractivity contribution in [3.05, 3.63) is 59.2 Å². The summed E-state index contributed by atoms with van der Waals surface area (Å²) in [7, 11) is 1.21. The van der Waals surface area contributed by atoms with E-state index >= 15 is 0 Å². The summed E-state index contributed by atoms with van der Waals surface area (Å²) in [5.74, 6) is -1.51. The molecule has 0 atom stereocenters. The van der Waals surface area contributed by atoms with Crippen LogP contribution in [0, 0.1) is 0 Å². The van der Waals surface area contributed by atoms with Gasteiger partial charge in [0.05, 0.1) is 19.3 Å². The van der Waals surface area contributed by atoms with Gasteiger partial charge in [0.2, 0.25) is 0 Å². The van der Waals surface area contributed by atoms with Gasteiger partial charge in [-0.1, -0.05) is 30.3 Å². The third-order valence-electron chi connectivity index (χ3n) is 3.32. The molecule has 134 valence electrons. The van der Waals surface area contributed by atoms with Crippen LogP contribution in [0.1, 0.15) is 28.4 Å². The minimum Gasteiger partial charge on any atom is -0.493 e. The second-order valence-corrected chi connectivity index (χ2v) is 5.05. The maximum atomic E-state index is 13.4. The summed E-state index contributed by atoms with van der Waals surface area (Å²) in [6.45, 7) is 1.55. The van der Waals surface area contributed by atoms with Gasteiger partial charge in [0, 0.05) is 0 Å². The summed E-state index contributed by atoms with van der Waals surface area (Å²) in [5, 5.41) is 0. The number of methoxy groups -OCH3 is 1. The maximum Gasteiger partial charge on any atom is 0.420 e. The van der Waals surface area contributed by atoms with Crippen molar-refractivity contribution in [2.24, 2.45) is 0 Å². The molecule has 0 aromatic heterocycles. The Balaban J connectivity index is 2.43. The number of rotatable bonds is 6. The van der Waals surface area contributed by atoms with Crippen LogP contribution < -0.4 is 9.47 Å². The molecule has 0 fully saturated rings. The van der Waals surface area contributed by atoms with Crippen molar-refractivity contribution in [3.8, 4) is 11.5 Å². The van der Waals surface area contributed by atoms with Gasteiger partial charge >= 0.3 is 12.1 Å². The van der Waals surface area contributed by atoms with Crippen molar-refractivity contribution in [1.82, 2.24) is 0 Å². The summed E-state index contributed by atoms with van der Waals surface area (Å²) in [6, 6.07) is 10.6. The quantitative estimate of drug-likeness (QED) is 0.718. The molecule has 0 aliphatic heterocycles. The lowest BCUT2D eigenvalue weighted by molar-refractivity contribution is -0.139. The maximum absolute atomic E-state index is 13.4. The van der Waals surface area contributed by atoms with Crippen LogP contribution in [0.2, 0.25) is 0 Å².